The Kier molecular flexibility index (Phi) is 6.92. The number of methoxy groups -OCH3 is 1. The average Bonchev–Trinajstić information content (AvgIpc) is 3.11. The van der Waals surface area contributed by atoms with E-state index in [1.165, 1.54) is 0 Å². The Labute approximate surface area is 201 Å². The number of nitrogens with zero attached hydrogens (tertiary/aromatic N) is 1. The van der Waals surface area contributed by atoms with Crippen molar-refractivity contribution in [3.05, 3.63) is 108 Å². The molecule has 9 heteroatoms. The van der Waals surface area contributed by atoms with E-state index in [0.717, 1.165) is 27.2 Å². The molecule has 7 nitrogen and oxygen atoms in total. The molecule has 3 aromatic carbocycles. The molecule has 3 aromatic rings. The van der Waals surface area contributed by atoms with Crippen LogP contribution in [0.2, 0.25) is 0 Å². The largest absolute Gasteiger partial charge is 0.493 e. The molecule has 33 heavy (non-hydrogen) atoms. The number of rotatable bonds is 8. The first-order valence-electron chi connectivity index (χ1n) is 10.1. The van der Waals surface area contributed by atoms with Gasteiger partial charge in [0.2, 0.25) is 5.88 Å². The van der Waals surface area contributed by atoms with E-state index in [1.807, 2.05) is 60.7 Å². The first-order valence-corrected chi connectivity index (χ1v) is 12.5. The third-order valence-electron chi connectivity index (χ3n) is 5.16. The number of aliphatic hydroxyl groups excluding tert-OH is 1. The lowest BCUT2D eigenvalue weighted by Gasteiger charge is -2.25. The molecular weight excluding hydrogens is 508 g/mol. The van der Waals surface area contributed by atoms with Crippen molar-refractivity contribution < 1.29 is 23.0 Å². The summed E-state index contributed by atoms with van der Waals surface area (Å²) < 4.78 is 39.8. The smallest absolute Gasteiger partial charge is 0.330 e. The van der Waals surface area contributed by atoms with Crippen molar-refractivity contribution in [2.75, 3.05) is 11.4 Å². The van der Waals surface area contributed by atoms with Crippen LogP contribution in [0.4, 0.5) is 5.69 Å². The highest BCUT2D eigenvalue weighted by atomic mass is 79.9. The van der Waals surface area contributed by atoms with Crippen LogP contribution in [0.1, 0.15) is 27.6 Å². The van der Waals surface area contributed by atoms with Crippen molar-refractivity contribution in [3.63, 3.8) is 0 Å². The van der Waals surface area contributed by atoms with Crippen LogP contribution in [-0.2, 0) is 21.6 Å². The molecule has 0 saturated carbocycles. The average molecular weight is 531 g/mol. The molecule has 0 aromatic heterocycles. The molecule has 2 atom stereocenters. The number of benzene rings is 3. The lowest BCUT2D eigenvalue weighted by atomic mass is 10.0. The third kappa shape index (κ3) is 5.16. The molecule has 0 fully saturated rings. The number of anilines is 1. The molecule has 1 aliphatic rings. The number of hydrogen-bond acceptors (Lipinski definition) is 5. The lowest BCUT2D eigenvalue weighted by molar-refractivity contribution is 0.102. The van der Waals surface area contributed by atoms with Gasteiger partial charge in [-0.15, -0.1) is 0 Å². The number of nitrogens with one attached hydrogen (secondary N) is 1. The first kappa shape index (κ1) is 23.2. The minimum atomic E-state index is -3.97. The van der Waals surface area contributed by atoms with E-state index < -0.39 is 16.1 Å². The molecule has 0 radical (unpaired) electrons. The zero-order valence-corrected chi connectivity index (χ0v) is 20.2. The predicted molar refractivity (Wildman–Crippen MR) is 130 cm³/mol. The Bertz CT molecular complexity index is 1240. The second kappa shape index (κ2) is 9.86. The molecule has 0 aliphatic carbocycles. The number of alkyl halides is 1. The molecule has 2 unspecified atom stereocenters. The Morgan fingerprint density at radius 1 is 1.00 bits per heavy atom. The molecule has 0 saturated heterocycles. The van der Waals surface area contributed by atoms with E-state index in [0.29, 0.717) is 5.75 Å². The summed E-state index contributed by atoms with van der Waals surface area (Å²) in [6.07, 6.45) is 0.739. The molecule has 1 aliphatic heterocycles. The first-order chi connectivity index (χ1) is 15.9. The van der Waals surface area contributed by atoms with Crippen molar-refractivity contribution in [1.82, 2.24) is 4.72 Å². The molecular formula is C24H23BrN2O5S. The highest BCUT2D eigenvalue weighted by molar-refractivity contribution is 9.09. The van der Waals surface area contributed by atoms with Crippen LogP contribution in [0.15, 0.2) is 90.9 Å². The monoisotopic (exact) mass is 530 g/mol. The summed E-state index contributed by atoms with van der Waals surface area (Å²) in [6, 6.07) is 24.6. The highest BCUT2D eigenvalue weighted by Gasteiger charge is 2.32. The van der Waals surface area contributed by atoms with Gasteiger partial charge in [0, 0.05) is 7.11 Å². The van der Waals surface area contributed by atoms with Crippen LogP contribution in [0.25, 0.3) is 0 Å². The fourth-order valence-electron chi connectivity index (χ4n) is 3.56. The van der Waals surface area contributed by atoms with Gasteiger partial charge in [0.1, 0.15) is 18.0 Å². The van der Waals surface area contributed by atoms with Crippen LogP contribution < -0.4 is 13.8 Å². The van der Waals surface area contributed by atoms with E-state index >= 15 is 0 Å². The van der Waals surface area contributed by atoms with E-state index in [9.17, 15) is 13.5 Å². The quantitative estimate of drug-likeness (QED) is 0.395. The maximum Gasteiger partial charge on any atom is 0.330 e. The van der Waals surface area contributed by atoms with Gasteiger partial charge in [-0.05, 0) is 28.8 Å². The lowest BCUT2D eigenvalue weighted by Crippen LogP contribution is -2.30. The SMILES string of the molecule is COC(c1ccc(N2C=C(O)NS2(=O)=O)c(OCc2ccccc2)c1)C(Br)c1ccccc1. The van der Waals surface area contributed by atoms with Gasteiger partial charge in [0.25, 0.3) is 0 Å². The van der Waals surface area contributed by atoms with Gasteiger partial charge in [-0.1, -0.05) is 82.7 Å². The Morgan fingerprint density at radius 2 is 1.67 bits per heavy atom. The summed E-state index contributed by atoms with van der Waals surface area (Å²) in [7, 11) is -2.35. The summed E-state index contributed by atoms with van der Waals surface area (Å²) in [5.41, 5.74) is 3.04. The topological polar surface area (TPSA) is 88.1 Å². The van der Waals surface area contributed by atoms with Gasteiger partial charge in [0.05, 0.1) is 17.1 Å². The zero-order chi connectivity index (χ0) is 23.4. The van der Waals surface area contributed by atoms with E-state index in [2.05, 4.69) is 20.7 Å². The second-order valence-corrected chi connectivity index (χ2v) is 9.92. The van der Waals surface area contributed by atoms with E-state index in [-0.39, 0.29) is 23.2 Å². The molecule has 0 spiro atoms. The fraction of sp³-hybridized carbons (Fsp3) is 0.167. The third-order valence-corrected chi connectivity index (χ3v) is 7.45. The number of hydrogen-bond donors (Lipinski definition) is 2. The maximum atomic E-state index is 12.5. The minimum absolute atomic E-state index is 0.141. The van der Waals surface area contributed by atoms with Crippen molar-refractivity contribution in [1.29, 1.82) is 0 Å². The summed E-state index contributed by atoms with van der Waals surface area (Å²) >= 11 is 3.74. The maximum absolute atomic E-state index is 12.5. The predicted octanol–water partition coefficient (Wildman–Crippen LogP) is 5.10. The molecule has 1 heterocycles. The Morgan fingerprint density at radius 3 is 2.27 bits per heavy atom. The summed E-state index contributed by atoms with van der Waals surface area (Å²) in [6.45, 7) is 0.238. The minimum Gasteiger partial charge on any atom is -0.493 e. The number of aliphatic hydroxyl groups is 1. The van der Waals surface area contributed by atoms with Crippen LogP contribution in [0.3, 0.4) is 0 Å². The Balaban J connectivity index is 1.72. The normalized spacial score (nSPS) is 16.5. The van der Waals surface area contributed by atoms with Crippen LogP contribution in [0.5, 0.6) is 5.75 Å². The zero-order valence-electron chi connectivity index (χ0n) is 17.8. The van der Waals surface area contributed by atoms with Crippen LogP contribution in [-0.4, -0.2) is 20.6 Å². The molecule has 4 rings (SSSR count). The molecule has 172 valence electrons. The van der Waals surface area contributed by atoms with Crippen molar-refractivity contribution >= 4 is 31.8 Å². The van der Waals surface area contributed by atoms with Gasteiger partial charge < -0.3 is 14.6 Å². The van der Waals surface area contributed by atoms with Gasteiger partial charge in [0.15, 0.2) is 0 Å². The van der Waals surface area contributed by atoms with Crippen LogP contribution in [0, 0.1) is 0 Å². The summed E-state index contributed by atoms with van der Waals surface area (Å²) in [5, 5.41) is 9.74. The van der Waals surface area contributed by atoms with Gasteiger partial charge in [-0.25, -0.2) is 9.03 Å². The van der Waals surface area contributed by atoms with Gasteiger partial charge in [-0.3, -0.25) is 0 Å². The van der Waals surface area contributed by atoms with E-state index in [4.69, 9.17) is 9.47 Å². The van der Waals surface area contributed by atoms with E-state index in [1.54, 1.807) is 25.3 Å². The van der Waals surface area contributed by atoms with Crippen molar-refractivity contribution in [2.45, 2.75) is 17.5 Å². The second-order valence-electron chi connectivity index (χ2n) is 7.39. The van der Waals surface area contributed by atoms with Crippen molar-refractivity contribution in [2.24, 2.45) is 0 Å². The standard InChI is InChI=1S/C24H23BrN2O5S/c1-31-24(23(25)18-10-6-3-7-11-18)19-12-13-20(27-15-22(28)26-33(27,29)30)21(14-19)32-16-17-8-4-2-5-9-17/h2-15,23-24,26,28H,16H2,1H3. The summed E-state index contributed by atoms with van der Waals surface area (Å²) in [5.74, 6) is -0.130. The summed E-state index contributed by atoms with van der Waals surface area (Å²) in [4.78, 5) is -0.141. The van der Waals surface area contributed by atoms with Crippen molar-refractivity contribution in [3.8, 4) is 5.75 Å². The molecule has 2 N–H and O–H groups in total. The van der Waals surface area contributed by atoms with Gasteiger partial charge in [-0.2, -0.15) is 8.42 Å². The van der Waals surface area contributed by atoms with Gasteiger partial charge >= 0.3 is 10.2 Å². The highest BCUT2D eigenvalue weighted by Crippen LogP contribution is 2.42. The molecule has 0 amide bonds. The number of ether oxygens (including phenoxy) is 2. The fourth-order valence-corrected chi connectivity index (χ4v) is 5.45. The number of halogens is 1. The molecule has 0 bridgehead atoms. The Hall–Kier alpha value is -3.01. The van der Waals surface area contributed by atoms with Crippen LogP contribution >= 0.6 is 15.9 Å².